The maximum atomic E-state index is 6.76. The molecule has 0 saturated carbocycles. The van der Waals surface area contributed by atoms with Gasteiger partial charge in [-0.2, -0.15) is 0 Å². The number of rotatable bonds is 11. The Kier molecular flexibility index (Phi) is 15.7. The van der Waals surface area contributed by atoms with E-state index in [0.29, 0.717) is 23.0 Å². The minimum Gasteiger partial charge on any atom is -0.496 e. The first kappa shape index (κ1) is 58.7. The number of aryl methyl sites for hydroxylation is 2. The summed E-state index contributed by atoms with van der Waals surface area (Å²) in [5.41, 5.74) is 9.47. The Labute approximate surface area is 470 Å². The summed E-state index contributed by atoms with van der Waals surface area (Å²) in [6.07, 6.45) is 0. The van der Waals surface area contributed by atoms with Gasteiger partial charge in [0, 0.05) is 44.5 Å². The Morgan fingerprint density at radius 2 is 0.667 bits per heavy atom. The quantitative estimate of drug-likeness (QED) is 0.119. The number of ether oxygens (including phenoxy) is 8. The van der Waals surface area contributed by atoms with E-state index < -0.39 is 15.8 Å². The topological polar surface area (TPSA) is 73.8 Å². The largest absolute Gasteiger partial charge is 0.496 e. The van der Waals surface area contributed by atoms with Crippen molar-refractivity contribution in [2.24, 2.45) is 0 Å². The standard InChI is InChI=1S/C68H88O8P2/c1-39-27-41(30-47(57(39)69-21)63(3,4)5)77(44-32-49(65(9,10)11)60(71-23)50(33-44)66(12,13)14)43-29-46(59-54(36-43)74-38-75-59)56-55(26-25-53-62(56)76-37-73-53)78(42-28-40(2)58(70-22)48(31-42)64(6,7)8)45-34-51(67(15,16)17)61(72-24)52(35-45)68(18,19)20/h25-36H,37-38H2,1-24H3. The van der Waals surface area contributed by atoms with E-state index in [1.165, 1.54) is 21.2 Å². The fraction of sp³-hybridized carbons (Fsp3) is 0.471. The first-order chi connectivity index (χ1) is 36.1. The smallest absolute Gasteiger partial charge is 0.231 e. The van der Waals surface area contributed by atoms with Crippen LogP contribution in [0.5, 0.6) is 46.0 Å². The molecular weight excluding hydrogens is 1010 g/mol. The van der Waals surface area contributed by atoms with Crippen LogP contribution in [0.15, 0.2) is 72.8 Å². The Hall–Kier alpha value is -5.42. The molecule has 0 N–H and O–H groups in total. The van der Waals surface area contributed by atoms with Crippen molar-refractivity contribution in [3.8, 4) is 57.1 Å². The van der Waals surface area contributed by atoms with Crippen molar-refractivity contribution in [2.75, 3.05) is 42.0 Å². The molecule has 2 aliphatic heterocycles. The summed E-state index contributed by atoms with van der Waals surface area (Å²) < 4.78 is 51.8. The molecule has 0 fully saturated rings. The summed E-state index contributed by atoms with van der Waals surface area (Å²) >= 11 is 0. The minimum absolute atomic E-state index is 0.0792. The third-order valence-corrected chi connectivity index (χ3v) is 19.8. The van der Waals surface area contributed by atoms with Gasteiger partial charge in [0.05, 0.1) is 28.4 Å². The molecule has 8 nitrogen and oxygen atoms in total. The van der Waals surface area contributed by atoms with Gasteiger partial charge in [-0.3, -0.25) is 0 Å². The molecule has 6 aromatic carbocycles. The minimum atomic E-state index is -1.39. The van der Waals surface area contributed by atoms with Crippen molar-refractivity contribution in [1.29, 1.82) is 0 Å². The van der Waals surface area contributed by atoms with Gasteiger partial charge in [-0.05, 0) is 178 Å². The molecule has 2 heterocycles. The molecule has 0 aromatic heterocycles. The zero-order valence-corrected chi connectivity index (χ0v) is 53.3. The van der Waals surface area contributed by atoms with Crippen molar-refractivity contribution >= 4 is 47.7 Å². The lowest BCUT2D eigenvalue weighted by Gasteiger charge is -2.33. The van der Waals surface area contributed by atoms with Crippen LogP contribution in [0.1, 0.15) is 169 Å². The average Bonchev–Trinajstić information content (AvgIpc) is 4.15. The van der Waals surface area contributed by atoms with Crippen molar-refractivity contribution in [3.05, 3.63) is 117 Å². The van der Waals surface area contributed by atoms with Gasteiger partial charge < -0.3 is 37.9 Å². The second-order valence-corrected chi connectivity index (χ2v) is 31.8. The van der Waals surface area contributed by atoms with Gasteiger partial charge in [0.2, 0.25) is 13.6 Å². The number of fused-ring (bicyclic) bond motifs is 2. The highest BCUT2D eigenvalue weighted by atomic mass is 31.1. The lowest BCUT2D eigenvalue weighted by atomic mass is 9.79. The third-order valence-electron chi connectivity index (χ3n) is 15.1. The van der Waals surface area contributed by atoms with E-state index in [1.807, 2.05) is 14.2 Å². The second-order valence-electron chi connectivity index (χ2n) is 27.4. The highest BCUT2D eigenvalue weighted by Crippen LogP contribution is 2.55. The molecule has 0 saturated heterocycles. The van der Waals surface area contributed by atoms with Crippen molar-refractivity contribution < 1.29 is 37.9 Å². The van der Waals surface area contributed by atoms with Crippen molar-refractivity contribution in [1.82, 2.24) is 0 Å². The molecule has 10 heteroatoms. The maximum absolute atomic E-state index is 6.76. The molecule has 8 rings (SSSR count). The summed E-state index contributed by atoms with van der Waals surface area (Å²) in [4.78, 5) is 0. The molecule has 0 aliphatic carbocycles. The average molecular weight is 1100 g/mol. The van der Waals surface area contributed by atoms with Crippen LogP contribution in [0.25, 0.3) is 11.1 Å². The van der Waals surface area contributed by atoms with Crippen LogP contribution < -0.4 is 69.7 Å². The van der Waals surface area contributed by atoms with Crippen molar-refractivity contribution in [3.63, 3.8) is 0 Å². The molecule has 0 amide bonds. The maximum Gasteiger partial charge on any atom is 0.231 e. The van der Waals surface area contributed by atoms with E-state index in [-0.39, 0.29) is 46.1 Å². The van der Waals surface area contributed by atoms with Crippen molar-refractivity contribution in [2.45, 2.75) is 171 Å². The fourth-order valence-electron chi connectivity index (χ4n) is 11.2. The normalized spacial score (nSPS) is 14.6. The molecule has 0 spiro atoms. The molecule has 2 aliphatic rings. The van der Waals surface area contributed by atoms with E-state index in [4.69, 9.17) is 37.9 Å². The number of hydrogen-bond donors (Lipinski definition) is 0. The summed E-state index contributed by atoms with van der Waals surface area (Å²) in [6, 6.07) is 28.1. The van der Waals surface area contributed by atoms with Crippen LogP contribution in [0, 0.1) is 13.8 Å². The SMILES string of the molecule is COc1c(C)cc(P(c2cc3c(c(-c4c(P(c5cc(C)c(OC)c(C(C)(C)C)c5)c5cc(C(C)(C)C)c(OC)c(C(C)(C)C)c5)ccc5c4OCO5)c2)OCO3)c2cc(C(C)(C)C)c(OC)c(C(C)(C)C)c2)cc1C(C)(C)C. The molecule has 0 bridgehead atoms. The van der Waals surface area contributed by atoms with E-state index in [1.54, 1.807) is 14.2 Å². The molecule has 78 heavy (non-hydrogen) atoms. The Morgan fingerprint density at radius 1 is 0.346 bits per heavy atom. The molecule has 6 aromatic rings. The van der Waals surface area contributed by atoms with Crippen LogP contribution in [0.3, 0.4) is 0 Å². The van der Waals surface area contributed by atoms with E-state index in [2.05, 4.69) is 211 Å². The second kappa shape index (κ2) is 20.9. The Morgan fingerprint density at radius 3 is 1.05 bits per heavy atom. The van der Waals surface area contributed by atoms with Crippen LogP contribution in [0.2, 0.25) is 0 Å². The van der Waals surface area contributed by atoms with E-state index >= 15 is 0 Å². The summed E-state index contributed by atoms with van der Waals surface area (Å²) in [6.45, 7) is 45.5. The number of benzene rings is 6. The monoisotopic (exact) mass is 1090 g/mol. The lowest BCUT2D eigenvalue weighted by Crippen LogP contribution is -2.29. The summed E-state index contributed by atoms with van der Waals surface area (Å²) in [5, 5.41) is 7.01. The first-order valence-electron chi connectivity index (χ1n) is 27.4. The fourth-order valence-corrected chi connectivity index (χ4v) is 16.3. The highest BCUT2D eigenvalue weighted by Gasteiger charge is 2.38. The van der Waals surface area contributed by atoms with Gasteiger partial charge >= 0.3 is 0 Å². The van der Waals surface area contributed by atoms with Crippen LogP contribution in [-0.4, -0.2) is 42.0 Å². The lowest BCUT2D eigenvalue weighted by molar-refractivity contribution is 0.173. The van der Waals surface area contributed by atoms with E-state index in [9.17, 15) is 0 Å². The predicted molar refractivity (Wildman–Crippen MR) is 329 cm³/mol. The van der Waals surface area contributed by atoms with Crippen LogP contribution in [0.4, 0.5) is 0 Å². The first-order valence-corrected chi connectivity index (χ1v) is 30.1. The highest BCUT2D eigenvalue weighted by molar-refractivity contribution is 7.80. The van der Waals surface area contributed by atoms with Gasteiger partial charge in [-0.1, -0.05) is 125 Å². The Bertz CT molecular complexity index is 3200. The zero-order chi connectivity index (χ0) is 57.6. The van der Waals surface area contributed by atoms with Crippen LogP contribution in [-0.2, 0) is 32.5 Å². The van der Waals surface area contributed by atoms with Gasteiger partial charge in [-0.25, -0.2) is 0 Å². The number of methoxy groups -OCH3 is 4. The third kappa shape index (κ3) is 11.1. The van der Waals surface area contributed by atoms with Gasteiger partial charge in [-0.15, -0.1) is 0 Å². The molecular formula is C68H88O8P2. The predicted octanol–water partition coefficient (Wildman–Crippen LogP) is 14.8. The summed E-state index contributed by atoms with van der Waals surface area (Å²) in [7, 11) is 4.46. The van der Waals surface area contributed by atoms with Gasteiger partial charge in [0.1, 0.15) is 23.0 Å². The molecule has 2 atom stereocenters. The van der Waals surface area contributed by atoms with E-state index in [0.717, 1.165) is 89.2 Å². The number of hydrogen-bond acceptors (Lipinski definition) is 8. The molecule has 0 radical (unpaired) electrons. The molecule has 2 unspecified atom stereocenters. The summed E-state index contributed by atoms with van der Waals surface area (Å²) in [5.74, 6) is 6.42. The van der Waals surface area contributed by atoms with Crippen LogP contribution >= 0.6 is 15.8 Å². The van der Waals surface area contributed by atoms with Gasteiger partial charge in [0.15, 0.2) is 23.0 Å². The Balaban J connectivity index is 1.56. The van der Waals surface area contributed by atoms with Gasteiger partial charge in [0.25, 0.3) is 0 Å². The zero-order valence-electron chi connectivity index (χ0n) is 51.5. The molecule has 418 valence electrons.